The van der Waals surface area contributed by atoms with Crippen LogP contribution in [0.1, 0.15) is 10.4 Å². The topological polar surface area (TPSA) is 46.9 Å². The van der Waals surface area contributed by atoms with Gasteiger partial charge in [0.25, 0.3) is 5.91 Å². The molecule has 21 heavy (non-hydrogen) atoms. The SMILES string of the molecule is O=C(Nc1cccc(F)c1)c1cnn(-c2ccccc2)c1. The van der Waals surface area contributed by atoms with Crippen molar-refractivity contribution in [3.05, 3.63) is 78.4 Å². The lowest BCUT2D eigenvalue weighted by atomic mass is 10.3. The van der Waals surface area contributed by atoms with Gasteiger partial charge in [-0.05, 0) is 30.3 Å². The van der Waals surface area contributed by atoms with Crippen molar-refractivity contribution >= 4 is 11.6 Å². The summed E-state index contributed by atoms with van der Waals surface area (Å²) in [5.74, 6) is -0.726. The summed E-state index contributed by atoms with van der Waals surface area (Å²) in [5, 5.41) is 6.78. The van der Waals surface area contributed by atoms with Crippen molar-refractivity contribution in [2.45, 2.75) is 0 Å². The van der Waals surface area contributed by atoms with Crippen LogP contribution in [-0.2, 0) is 0 Å². The molecule has 0 saturated carbocycles. The van der Waals surface area contributed by atoms with Crippen LogP contribution in [0, 0.1) is 5.82 Å². The Morgan fingerprint density at radius 2 is 1.90 bits per heavy atom. The summed E-state index contributed by atoms with van der Waals surface area (Å²) in [4.78, 5) is 12.1. The maximum Gasteiger partial charge on any atom is 0.258 e. The molecule has 1 aromatic heterocycles. The minimum Gasteiger partial charge on any atom is -0.322 e. The maximum absolute atomic E-state index is 13.1. The van der Waals surface area contributed by atoms with E-state index >= 15 is 0 Å². The lowest BCUT2D eigenvalue weighted by molar-refractivity contribution is 0.102. The first-order valence-corrected chi connectivity index (χ1v) is 6.39. The van der Waals surface area contributed by atoms with Gasteiger partial charge in [-0.25, -0.2) is 9.07 Å². The fourth-order valence-corrected chi connectivity index (χ4v) is 1.93. The fraction of sp³-hybridized carbons (Fsp3) is 0. The number of amides is 1. The molecule has 4 nitrogen and oxygen atoms in total. The molecule has 0 saturated heterocycles. The molecule has 0 fully saturated rings. The third-order valence-corrected chi connectivity index (χ3v) is 2.95. The molecule has 0 radical (unpaired) electrons. The standard InChI is InChI=1S/C16H12FN3O/c17-13-5-4-6-14(9-13)19-16(21)12-10-18-20(11-12)15-7-2-1-3-8-15/h1-11H,(H,19,21). The van der Waals surface area contributed by atoms with E-state index in [0.29, 0.717) is 11.3 Å². The molecule has 3 rings (SSSR count). The van der Waals surface area contributed by atoms with Crippen LogP contribution >= 0.6 is 0 Å². The summed E-state index contributed by atoms with van der Waals surface area (Å²) >= 11 is 0. The second-order valence-corrected chi connectivity index (χ2v) is 4.47. The van der Waals surface area contributed by atoms with E-state index in [-0.39, 0.29) is 5.91 Å². The summed E-state index contributed by atoms with van der Waals surface area (Å²) in [5.41, 5.74) is 1.68. The maximum atomic E-state index is 13.1. The highest BCUT2D eigenvalue weighted by molar-refractivity contribution is 6.03. The molecule has 2 aromatic carbocycles. The van der Waals surface area contributed by atoms with Gasteiger partial charge in [-0.1, -0.05) is 24.3 Å². The van der Waals surface area contributed by atoms with Gasteiger partial charge in [0.15, 0.2) is 0 Å². The minimum absolute atomic E-state index is 0.331. The Kier molecular flexibility index (Phi) is 3.47. The molecule has 0 unspecified atom stereocenters. The number of rotatable bonds is 3. The van der Waals surface area contributed by atoms with Crippen LogP contribution in [0.15, 0.2) is 67.0 Å². The molecule has 0 aliphatic heterocycles. The van der Waals surface area contributed by atoms with Gasteiger partial charge in [-0.15, -0.1) is 0 Å². The zero-order chi connectivity index (χ0) is 14.7. The van der Waals surface area contributed by atoms with Crippen LogP contribution in [0.25, 0.3) is 5.69 Å². The van der Waals surface area contributed by atoms with Crippen molar-refractivity contribution in [1.29, 1.82) is 0 Å². The molecule has 1 N–H and O–H groups in total. The van der Waals surface area contributed by atoms with E-state index < -0.39 is 5.82 Å². The number of benzene rings is 2. The Morgan fingerprint density at radius 3 is 2.67 bits per heavy atom. The predicted molar refractivity (Wildman–Crippen MR) is 77.9 cm³/mol. The van der Waals surface area contributed by atoms with E-state index in [0.717, 1.165) is 5.69 Å². The van der Waals surface area contributed by atoms with Crippen molar-refractivity contribution in [2.75, 3.05) is 5.32 Å². The lowest BCUT2D eigenvalue weighted by Crippen LogP contribution is -2.11. The molecule has 0 bridgehead atoms. The van der Waals surface area contributed by atoms with E-state index in [9.17, 15) is 9.18 Å². The fourth-order valence-electron chi connectivity index (χ4n) is 1.93. The van der Waals surface area contributed by atoms with Crippen LogP contribution in [0.4, 0.5) is 10.1 Å². The van der Waals surface area contributed by atoms with Crippen LogP contribution in [-0.4, -0.2) is 15.7 Å². The molecular weight excluding hydrogens is 269 g/mol. The zero-order valence-electron chi connectivity index (χ0n) is 11.0. The number of nitrogens with zero attached hydrogens (tertiary/aromatic N) is 2. The first-order valence-electron chi connectivity index (χ1n) is 6.39. The second-order valence-electron chi connectivity index (χ2n) is 4.47. The molecule has 0 aliphatic carbocycles. The Hall–Kier alpha value is -2.95. The number of para-hydroxylation sites is 1. The normalized spacial score (nSPS) is 10.3. The number of aromatic nitrogens is 2. The first kappa shape index (κ1) is 13.1. The molecule has 0 atom stereocenters. The Morgan fingerprint density at radius 1 is 1.10 bits per heavy atom. The summed E-state index contributed by atoms with van der Waals surface area (Å²) in [6.45, 7) is 0. The molecule has 104 valence electrons. The smallest absolute Gasteiger partial charge is 0.258 e. The molecule has 0 spiro atoms. The van der Waals surface area contributed by atoms with E-state index in [1.165, 1.54) is 18.3 Å². The summed E-state index contributed by atoms with van der Waals surface area (Å²) in [6.07, 6.45) is 3.10. The van der Waals surface area contributed by atoms with Gasteiger partial charge in [0, 0.05) is 11.9 Å². The van der Waals surface area contributed by atoms with Gasteiger partial charge in [0.2, 0.25) is 0 Å². The number of nitrogens with one attached hydrogen (secondary N) is 1. The van der Waals surface area contributed by atoms with Gasteiger partial charge >= 0.3 is 0 Å². The number of halogens is 1. The number of hydrogen-bond acceptors (Lipinski definition) is 2. The molecule has 5 heteroatoms. The molecule has 0 aliphatic rings. The monoisotopic (exact) mass is 281 g/mol. The quantitative estimate of drug-likeness (QED) is 0.801. The third kappa shape index (κ3) is 2.97. The van der Waals surface area contributed by atoms with Crippen molar-refractivity contribution in [3.63, 3.8) is 0 Å². The van der Waals surface area contributed by atoms with Gasteiger partial charge in [0.05, 0.1) is 17.4 Å². The van der Waals surface area contributed by atoms with Gasteiger partial charge in [-0.2, -0.15) is 5.10 Å². The average molecular weight is 281 g/mol. The molecule has 1 heterocycles. The number of anilines is 1. The first-order chi connectivity index (χ1) is 10.2. The van der Waals surface area contributed by atoms with Gasteiger partial charge in [0.1, 0.15) is 5.82 Å². The van der Waals surface area contributed by atoms with Crippen molar-refractivity contribution in [1.82, 2.24) is 9.78 Å². The van der Waals surface area contributed by atoms with Crippen LogP contribution in [0.5, 0.6) is 0 Å². The lowest BCUT2D eigenvalue weighted by Gasteiger charge is -2.03. The Bertz CT molecular complexity index is 768. The highest BCUT2D eigenvalue weighted by atomic mass is 19.1. The van der Waals surface area contributed by atoms with Gasteiger partial charge in [-0.3, -0.25) is 4.79 Å². The number of carbonyl (C=O) groups is 1. The zero-order valence-corrected chi connectivity index (χ0v) is 11.0. The highest BCUT2D eigenvalue weighted by Crippen LogP contribution is 2.12. The summed E-state index contributed by atoms with van der Waals surface area (Å²) in [6, 6.07) is 15.2. The molecule has 3 aromatic rings. The second kappa shape index (κ2) is 5.58. The number of hydrogen-bond donors (Lipinski definition) is 1. The van der Waals surface area contributed by atoms with Gasteiger partial charge < -0.3 is 5.32 Å². The Labute approximate surface area is 120 Å². The predicted octanol–water partition coefficient (Wildman–Crippen LogP) is 3.26. The summed E-state index contributed by atoms with van der Waals surface area (Å²) < 4.78 is 14.7. The van der Waals surface area contributed by atoms with E-state index in [1.807, 2.05) is 30.3 Å². The van der Waals surface area contributed by atoms with E-state index in [1.54, 1.807) is 23.0 Å². The number of carbonyl (C=O) groups excluding carboxylic acids is 1. The molecule has 1 amide bonds. The van der Waals surface area contributed by atoms with Crippen LogP contribution in [0.3, 0.4) is 0 Å². The Balaban J connectivity index is 1.78. The highest BCUT2D eigenvalue weighted by Gasteiger charge is 2.10. The van der Waals surface area contributed by atoms with Crippen molar-refractivity contribution in [2.24, 2.45) is 0 Å². The average Bonchev–Trinajstić information content (AvgIpc) is 2.98. The minimum atomic E-state index is -0.396. The van der Waals surface area contributed by atoms with E-state index in [4.69, 9.17) is 0 Å². The summed E-state index contributed by atoms with van der Waals surface area (Å²) in [7, 11) is 0. The van der Waals surface area contributed by atoms with Crippen LogP contribution < -0.4 is 5.32 Å². The van der Waals surface area contributed by atoms with E-state index in [2.05, 4.69) is 10.4 Å². The third-order valence-electron chi connectivity index (χ3n) is 2.95. The molecular formula is C16H12FN3O. The van der Waals surface area contributed by atoms with Crippen LogP contribution in [0.2, 0.25) is 0 Å². The van der Waals surface area contributed by atoms with Crippen molar-refractivity contribution < 1.29 is 9.18 Å². The largest absolute Gasteiger partial charge is 0.322 e. The van der Waals surface area contributed by atoms with Crippen molar-refractivity contribution in [3.8, 4) is 5.69 Å².